The maximum absolute atomic E-state index is 2.45. The standard InChI is InChI=1S/C44H28N2/c1-2-12-31-26-34(23-20-29(31)10-1)45-41-17-7-5-15-36(41)38-24-21-32(27-43(38)45)33-22-25-39-37-16-6-8-18-42(37)46(44(39)28-33)40-19-9-13-30-11-3-4-14-35(30)40/h1-28H. The second-order valence-electron chi connectivity index (χ2n) is 12.2. The lowest BCUT2D eigenvalue weighted by Gasteiger charge is -2.13. The molecule has 8 aromatic carbocycles. The van der Waals surface area contributed by atoms with Crippen molar-refractivity contribution in [2.75, 3.05) is 0 Å². The van der Waals surface area contributed by atoms with Crippen LogP contribution in [0.1, 0.15) is 0 Å². The van der Waals surface area contributed by atoms with Crippen LogP contribution in [0.3, 0.4) is 0 Å². The first-order valence-electron chi connectivity index (χ1n) is 15.9. The molecule has 46 heavy (non-hydrogen) atoms. The van der Waals surface area contributed by atoms with E-state index in [4.69, 9.17) is 0 Å². The summed E-state index contributed by atoms with van der Waals surface area (Å²) in [6.07, 6.45) is 0. The summed E-state index contributed by atoms with van der Waals surface area (Å²) in [4.78, 5) is 0. The smallest absolute Gasteiger partial charge is 0.0547 e. The molecule has 214 valence electrons. The molecule has 2 nitrogen and oxygen atoms in total. The van der Waals surface area contributed by atoms with Crippen LogP contribution in [0.25, 0.3) is 87.7 Å². The predicted molar refractivity (Wildman–Crippen MR) is 196 cm³/mol. The average molecular weight is 585 g/mol. The van der Waals surface area contributed by atoms with Gasteiger partial charge in [-0.05, 0) is 69.8 Å². The van der Waals surface area contributed by atoms with E-state index < -0.39 is 0 Å². The lowest BCUT2D eigenvalue weighted by molar-refractivity contribution is 1.19. The van der Waals surface area contributed by atoms with E-state index in [9.17, 15) is 0 Å². The first-order valence-corrected chi connectivity index (χ1v) is 15.9. The Morgan fingerprint density at radius 2 is 0.804 bits per heavy atom. The number of para-hydroxylation sites is 2. The largest absolute Gasteiger partial charge is 0.309 e. The highest BCUT2D eigenvalue weighted by Gasteiger charge is 2.17. The molecule has 0 saturated heterocycles. The van der Waals surface area contributed by atoms with E-state index in [0.717, 1.165) is 0 Å². The number of benzene rings is 8. The summed E-state index contributed by atoms with van der Waals surface area (Å²) in [5.74, 6) is 0. The van der Waals surface area contributed by atoms with Crippen LogP contribution < -0.4 is 0 Å². The number of fused-ring (bicyclic) bond motifs is 8. The zero-order chi connectivity index (χ0) is 30.2. The van der Waals surface area contributed by atoms with Gasteiger partial charge in [-0.25, -0.2) is 0 Å². The van der Waals surface area contributed by atoms with Crippen LogP contribution in [0.2, 0.25) is 0 Å². The van der Waals surface area contributed by atoms with Gasteiger partial charge >= 0.3 is 0 Å². The number of hydrogen-bond donors (Lipinski definition) is 0. The van der Waals surface area contributed by atoms with E-state index in [1.165, 1.54) is 87.7 Å². The quantitative estimate of drug-likeness (QED) is 0.195. The Hall–Kier alpha value is -6.12. The molecular weight excluding hydrogens is 556 g/mol. The summed E-state index contributed by atoms with van der Waals surface area (Å²) in [5.41, 5.74) is 9.65. The van der Waals surface area contributed by atoms with Gasteiger partial charge in [-0.3, -0.25) is 0 Å². The van der Waals surface area contributed by atoms with Gasteiger partial charge in [-0.1, -0.05) is 127 Å². The van der Waals surface area contributed by atoms with Gasteiger partial charge in [0, 0.05) is 32.6 Å². The van der Waals surface area contributed by atoms with Gasteiger partial charge in [-0.2, -0.15) is 0 Å². The molecule has 0 atom stereocenters. The Morgan fingerprint density at radius 3 is 1.52 bits per heavy atom. The van der Waals surface area contributed by atoms with Crippen molar-refractivity contribution in [3.05, 3.63) is 170 Å². The van der Waals surface area contributed by atoms with E-state index in [0.29, 0.717) is 0 Å². The van der Waals surface area contributed by atoms with Crippen LogP contribution in [-0.2, 0) is 0 Å². The number of nitrogens with zero attached hydrogens (tertiary/aromatic N) is 2. The summed E-state index contributed by atoms with van der Waals surface area (Å²) in [6, 6.07) is 62.1. The van der Waals surface area contributed by atoms with Crippen molar-refractivity contribution in [3.8, 4) is 22.5 Å². The maximum Gasteiger partial charge on any atom is 0.0547 e. The Kier molecular flexibility index (Phi) is 5.31. The van der Waals surface area contributed by atoms with Crippen LogP contribution >= 0.6 is 0 Å². The van der Waals surface area contributed by atoms with Gasteiger partial charge < -0.3 is 9.13 Å². The van der Waals surface area contributed by atoms with Gasteiger partial charge in [0.2, 0.25) is 0 Å². The molecule has 2 aromatic heterocycles. The highest BCUT2D eigenvalue weighted by Crippen LogP contribution is 2.39. The molecule has 2 heterocycles. The first kappa shape index (κ1) is 25.2. The lowest BCUT2D eigenvalue weighted by Crippen LogP contribution is -1.95. The number of rotatable bonds is 3. The maximum atomic E-state index is 2.45. The first-order chi connectivity index (χ1) is 22.8. The SMILES string of the molecule is c1ccc2cc(-n3c4ccccc4c4ccc(-c5ccc6c7ccccc7n(-c7cccc8ccccc78)c6c5)cc43)ccc2c1. The van der Waals surface area contributed by atoms with Crippen molar-refractivity contribution >= 4 is 65.2 Å². The Labute approximate surface area is 266 Å². The fourth-order valence-electron chi connectivity index (χ4n) is 7.56. The van der Waals surface area contributed by atoms with Gasteiger partial charge in [0.05, 0.1) is 27.8 Å². The van der Waals surface area contributed by atoms with Crippen molar-refractivity contribution in [1.82, 2.24) is 9.13 Å². The molecule has 0 bridgehead atoms. The van der Waals surface area contributed by atoms with Crippen LogP contribution in [0.5, 0.6) is 0 Å². The molecule has 10 rings (SSSR count). The fraction of sp³-hybridized carbons (Fsp3) is 0. The zero-order valence-electron chi connectivity index (χ0n) is 25.1. The van der Waals surface area contributed by atoms with Gasteiger partial charge in [0.25, 0.3) is 0 Å². The third-order valence-corrected chi connectivity index (χ3v) is 9.68. The molecule has 0 spiro atoms. The third kappa shape index (κ3) is 3.65. The Bertz CT molecular complexity index is 2810. The van der Waals surface area contributed by atoms with Crippen molar-refractivity contribution in [3.63, 3.8) is 0 Å². The molecule has 0 fully saturated rings. The minimum atomic E-state index is 1.17. The monoisotopic (exact) mass is 584 g/mol. The second kappa shape index (κ2) is 9.69. The molecule has 2 heteroatoms. The molecule has 0 amide bonds. The van der Waals surface area contributed by atoms with Gasteiger partial charge in [0.15, 0.2) is 0 Å². The highest BCUT2D eigenvalue weighted by molar-refractivity contribution is 6.13. The lowest BCUT2D eigenvalue weighted by atomic mass is 10.0. The van der Waals surface area contributed by atoms with Gasteiger partial charge in [0.1, 0.15) is 0 Å². The summed E-state index contributed by atoms with van der Waals surface area (Å²) in [5, 5.41) is 10.1. The van der Waals surface area contributed by atoms with Crippen molar-refractivity contribution in [2.24, 2.45) is 0 Å². The van der Waals surface area contributed by atoms with E-state index in [2.05, 4.69) is 179 Å². The number of aromatic nitrogens is 2. The third-order valence-electron chi connectivity index (χ3n) is 9.68. The van der Waals surface area contributed by atoms with Crippen LogP contribution in [0.4, 0.5) is 0 Å². The predicted octanol–water partition coefficient (Wildman–Crippen LogP) is 11.9. The molecule has 0 unspecified atom stereocenters. The molecule has 0 N–H and O–H groups in total. The minimum absolute atomic E-state index is 1.17. The molecule has 0 aliphatic heterocycles. The average Bonchev–Trinajstić information content (AvgIpc) is 3.63. The Morgan fingerprint density at radius 1 is 0.283 bits per heavy atom. The fourth-order valence-corrected chi connectivity index (χ4v) is 7.56. The molecule has 0 saturated carbocycles. The summed E-state index contributed by atoms with van der Waals surface area (Å²) < 4.78 is 4.87. The minimum Gasteiger partial charge on any atom is -0.309 e. The van der Waals surface area contributed by atoms with Gasteiger partial charge in [-0.15, -0.1) is 0 Å². The summed E-state index contributed by atoms with van der Waals surface area (Å²) >= 11 is 0. The van der Waals surface area contributed by atoms with E-state index in [1.54, 1.807) is 0 Å². The molecule has 0 aliphatic rings. The van der Waals surface area contributed by atoms with Crippen molar-refractivity contribution < 1.29 is 0 Å². The Balaban J connectivity index is 1.23. The number of hydrogen-bond acceptors (Lipinski definition) is 0. The van der Waals surface area contributed by atoms with Crippen LogP contribution in [-0.4, -0.2) is 9.13 Å². The second-order valence-corrected chi connectivity index (χ2v) is 12.2. The van der Waals surface area contributed by atoms with Crippen molar-refractivity contribution in [2.45, 2.75) is 0 Å². The highest BCUT2D eigenvalue weighted by atomic mass is 15.0. The summed E-state index contributed by atoms with van der Waals surface area (Å²) in [6.45, 7) is 0. The van der Waals surface area contributed by atoms with E-state index in [1.807, 2.05) is 0 Å². The van der Waals surface area contributed by atoms with Crippen molar-refractivity contribution in [1.29, 1.82) is 0 Å². The molecule has 10 aromatic rings. The molecule has 0 aliphatic carbocycles. The topological polar surface area (TPSA) is 9.86 Å². The zero-order valence-corrected chi connectivity index (χ0v) is 25.1. The van der Waals surface area contributed by atoms with Crippen LogP contribution in [0, 0.1) is 0 Å². The van der Waals surface area contributed by atoms with E-state index in [-0.39, 0.29) is 0 Å². The summed E-state index contributed by atoms with van der Waals surface area (Å²) in [7, 11) is 0. The molecular formula is C44H28N2. The van der Waals surface area contributed by atoms with Crippen LogP contribution in [0.15, 0.2) is 170 Å². The molecule has 0 radical (unpaired) electrons. The van der Waals surface area contributed by atoms with E-state index >= 15 is 0 Å². The normalized spacial score (nSPS) is 11.9.